The number of benzene rings is 2. The molecule has 1 unspecified atom stereocenters. The highest BCUT2D eigenvalue weighted by Gasteiger charge is 2.31. The minimum atomic E-state index is -3.82. The second kappa shape index (κ2) is 9.71. The summed E-state index contributed by atoms with van der Waals surface area (Å²) in [6, 6.07) is 10.6. The van der Waals surface area contributed by atoms with Gasteiger partial charge in [0.15, 0.2) is 0 Å². The fraction of sp³-hybridized carbons (Fsp3) is 0.381. The molecule has 0 aliphatic heterocycles. The van der Waals surface area contributed by atoms with E-state index in [9.17, 15) is 13.2 Å². The Morgan fingerprint density at radius 2 is 1.70 bits per heavy atom. The number of rotatable bonds is 9. The van der Waals surface area contributed by atoms with Crippen LogP contribution in [0.15, 0.2) is 42.5 Å². The smallest absolute Gasteiger partial charge is 0.247 e. The summed E-state index contributed by atoms with van der Waals surface area (Å²) in [6.07, 6.45) is 1.02. The topological polar surface area (TPSA) is 94.2 Å². The van der Waals surface area contributed by atoms with Gasteiger partial charge in [0.25, 0.3) is 0 Å². The molecule has 1 amide bonds. The van der Waals surface area contributed by atoms with Gasteiger partial charge in [-0.2, -0.15) is 0 Å². The number of carbonyl (C=O) groups is 1. The van der Waals surface area contributed by atoms with E-state index < -0.39 is 22.0 Å². The van der Waals surface area contributed by atoms with Gasteiger partial charge in [0.2, 0.25) is 15.9 Å². The zero-order valence-corrected chi connectivity index (χ0v) is 18.8. The maximum absolute atomic E-state index is 12.9. The molecule has 2 rings (SSSR count). The molecule has 9 heteroatoms. The van der Waals surface area contributed by atoms with Crippen molar-refractivity contribution in [2.24, 2.45) is 0 Å². The molecule has 1 N–H and O–H groups in total. The maximum Gasteiger partial charge on any atom is 0.247 e. The summed E-state index contributed by atoms with van der Waals surface area (Å²) in [5, 5.41) is 2.75. The quantitative estimate of drug-likeness (QED) is 0.648. The molecule has 0 radical (unpaired) electrons. The van der Waals surface area contributed by atoms with Gasteiger partial charge < -0.3 is 19.5 Å². The summed E-state index contributed by atoms with van der Waals surface area (Å²) in [5.74, 6) is 0.829. The number of amides is 1. The molecule has 0 aliphatic carbocycles. The van der Waals surface area contributed by atoms with Gasteiger partial charge in [0, 0.05) is 17.8 Å². The van der Waals surface area contributed by atoms with E-state index in [4.69, 9.17) is 14.2 Å². The fourth-order valence-corrected chi connectivity index (χ4v) is 4.09. The highest BCUT2D eigenvalue weighted by molar-refractivity contribution is 7.92. The standard InChI is InChI=1S/C21H28N2O6S/c1-14(2)29-18-9-7-8-16(12-18)22-21(24)15(3)23(30(6,25)26)19-13-17(27-4)10-11-20(19)28-5/h7-15H,1-6H3,(H,22,24). The number of ether oxygens (including phenoxy) is 3. The lowest BCUT2D eigenvalue weighted by Crippen LogP contribution is -2.45. The van der Waals surface area contributed by atoms with Crippen LogP contribution in [0.25, 0.3) is 0 Å². The predicted molar refractivity (Wildman–Crippen MR) is 117 cm³/mol. The fourth-order valence-electron chi connectivity index (χ4n) is 2.92. The first-order valence-corrected chi connectivity index (χ1v) is 11.2. The molecule has 0 saturated heterocycles. The van der Waals surface area contributed by atoms with E-state index in [1.165, 1.54) is 27.2 Å². The van der Waals surface area contributed by atoms with E-state index in [0.717, 1.165) is 10.6 Å². The molecular weight excluding hydrogens is 408 g/mol. The lowest BCUT2D eigenvalue weighted by atomic mass is 10.2. The second-order valence-electron chi connectivity index (χ2n) is 6.96. The molecule has 0 bridgehead atoms. The average molecular weight is 437 g/mol. The summed E-state index contributed by atoms with van der Waals surface area (Å²) in [7, 11) is -0.926. The molecular formula is C21H28N2O6S. The summed E-state index contributed by atoms with van der Waals surface area (Å²) in [5.41, 5.74) is 0.704. The van der Waals surface area contributed by atoms with Crippen LogP contribution < -0.4 is 23.8 Å². The van der Waals surface area contributed by atoms with Crippen molar-refractivity contribution in [1.29, 1.82) is 0 Å². The first-order chi connectivity index (χ1) is 14.1. The number of carbonyl (C=O) groups excluding carboxylic acids is 1. The number of sulfonamides is 1. The average Bonchev–Trinajstić information content (AvgIpc) is 2.66. The summed E-state index contributed by atoms with van der Waals surface area (Å²) < 4.78 is 42.4. The Bertz CT molecular complexity index is 991. The highest BCUT2D eigenvalue weighted by Crippen LogP contribution is 2.35. The zero-order chi connectivity index (χ0) is 22.5. The second-order valence-corrected chi connectivity index (χ2v) is 8.82. The maximum atomic E-state index is 12.9. The van der Waals surface area contributed by atoms with Crippen LogP contribution in [0, 0.1) is 0 Å². The van der Waals surface area contributed by atoms with Crippen molar-refractivity contribution in [3.63, 3.8) is 0 Å². The number of nitrogens with one attached hydrogen (secondary N) is 1. The van der Waals surface area contributed by atoms with Crippen LogP contribution in [0.2, 0.25) is 0 Å². The van der Waals surface area contributed by atoms with E-state index in [1.54, 1.807) is 36.4 Å². The van der Waals surface area contributed by atoms with Crippen molar-refractivity contribution >= 4 is 27.3 Å². The Labute approximate surface area is 177 Å². The van der Waals surface area contributed by atoms with Crippen molar-refractivity contribution < 1.29 is 27.4 Å². The molecule has 0 aromatic heterocycles. The van der Waals surface area contributed by atoms with Gasteiger partial charge in [-0.05, 0) is 45.0 Å². The number of methoxy groups -OCH3 is 2. The minimum absolute atomic E-state index is 0.0175. The molecule has 0 aliphatic rings. The first kappa shape index (κ1) is 23.3. The minimum Gasteiger partial charge on any atom is -0.497 e. The molecule has 30 heavy (non-hydrogen) atoms. The number of hydrogen-bond donors (Lipinski definition) is 1. The van der Waals surface area contributed by atoms with Gasteiger partial charge in [0.1, 0.15) is 23.3 Å². The highest BCUT2D eigenvalue weighted by atomic mass is 32.2. The van der Waals surface area contributed by atoms with Crippen LogP contribution >= 0.6 is 0 Å². The van der Waals surface area contributed by atoms with E-state index in [1.807, 2.05) is 13.8 Å². The van der Waals surface area contributed by atoms with Crippen molar-refractivity contribution in [2.45, 2.75) is 32.9 Å². The van der Waals surface area contributed by atoms with E-state index >= 15 is 0 Å². The van der Waals surface area contributed by atoms with Crippen LogP contribution in [0.1, 0.15) is 20.8 Å². The third-order valence-corrected chi connectivity index (χ3v) is 5.41. The van der Waals surface area contributed by atoms with Gasteiger partial charge in [-0.25, -0.2) is 8.42 Å². The number of hydrogen-bond acceptors (Lipinski definition) is 6. The molecule has 1 atom stereocenters. The number of nitrogens with zero attached hydrogens (tertiary/aromatic N) is 1. The Balaban J connectivity index is 2.37. The molecule has 0 spiro atoms. The molecule has 8 nitrogen and oxygen atoms in total. The monoisotopic (exact) mass is 436 g/mol. The van der Waals surface area contributed by atoms with Crippen molar-refractivity contribution in [3.8, 4) is 17.2 Å². The molecule has 0 saturated carbocycles. The molecule has 0 fully saturated rings. The molecule has 164 valence electrons. The molecule has 2 aromatic carbocycles. The van der Waals surface area contributed by atoms with Gasteiger partial charge in [-0.1, -0.05) is 6.07 Å². The molecule has 0 heterocycles. The van der Waals surface area contributed by atoms with Crippen molar-refractivity contribution in [2.75, 3.05) is 30.1 Å². The summed E-state index contributed by atoms with van der Waals surface area (Å²) >= 11 is 0. The Hall–Kier alpha value is -2.94. The first-order valence-electron chi connectivity index (χ1n) is 9.35. The number of anilines is 2. The van der Waals surface area contributed by atoms with Crippen LogP contribution in [-0.2, 0) is 14.8 Å². The van der Waals surface area contributed by atoms with Gasteiger partial charge in [-0.15, -0.1) is 0 Å². The Morgan fingerprint density at radius 3 is 2.27 bits per heavy atom. The third-order valence-electron chi connectivity index (χ3n) is 4.19. The Kier molecular flexibility index (Phi) is 7.55. The van der Waals surface area contributed by atoms with Gasteiger partial charge in [-0.3, -0.25) is 9.10 Å². The van der Waals surface area contributed by atoms with Crippen LogP contribution in [0.5, 0.6) is 17.2 Å². The third kappa shape index (κ3) is 5.79. The summed E-state index contributed by atoms with van der Waals surface area (Å²) in [4.78, 5) is 12.9. The van der Waals surface area contributed by atoms with E-state index in [-0.39, 0.29) is 11.8 Å². The Morgan fingerprint density at radius 1 is 1.00 bits per heavy atom. The molecule has 2 aromatic rings. The zero-order valence-electron chi connectivity index (χ0n) is 18.0. The summed E-state index contributed by atoms with van der Waals surface area (Å²) in [6.45, 7) is 5.31. The van der Waals surface area contributed by atoms with Crippen LogP contribution in [-0.4, -0.2) is 46.9 Å². The lowest BCUT2D eigenvalue weighted by molar-refractivity contribution is -0.116. The van der Waals surface area contributed by atoms with E-state index in [2.05, 4.69) is 5.32 Å². The normalized spacial score (nSPS) is 12.2. The SMILES string of the molecule is COc1ccc(OC)c(N(C(C)C(=O)Nc2cccc(OC(C)C)c2)S(C)(=O)=O)c1. The van der Waals surface area contributed by atoms with Crippen molar-refractivity contribution in [1.82, 2.24) is 0 Å². The van der Waals surface area contributed by atoms with Crippen molar-refractivity contribution in [3.05, 3.63) is 42.5 Å². The van der Waals surface area contributed by atoms with Gasteiger partial charge >= 0.3 is 0 Å². The van der Waals surface area contributed by atoms with Crippen LogP contribution in [0.3, 0.4) is 0 Å². The van der Waals surface area contributed by atoms with Gasteiger partial charge in [0.05, 0.1) is 32.3 Å². The lowest BCUT2D eigenvalue weighted by Gasteiger charge is -2.29. The van der Waals surface area contributed by atoms with E-state index in [0.29, 0.717) is 22.9 Å². The van der Waals surface area contributed by atoms with Crippen LogP contribution in [0.4, 0.5) is 11.4 Å². The predicted octanol–water partition coefficient (Wildman–Crippen LogP) is 3.28. The largest absolute Gasteiger partial charge is 0.497 e.